The lowest BCUT2D eigenvalue weighted by Gasteiger charge is -2.19. The van der Waals surface area contributed by atoms with Gasteiger partial charge in [-0.3, -0.25) is 4.79 Å². The van der Waals surface area contributed by atoms with E-state index in [1.165, 1.54) is 24.3 Å². The van der Waals surface area contributed by atoms with E-state index in [1.807, 2.05) is 20.8 Å². The Bertz CT molecular complexity index is 1230. The quantitative estimate of drug-likeness (QED) is 0.469. The molecule has 3 aromatic rings. The van der Waals surface area contributed by atoms with Gasteiger partial charge in [-0.15, -0.1) is 5.10 Å². The first-order valence-electron chi connectivity index (χ1n) is 8.45. The van der Waals surface area contributed by atoms with Gasteiger partial charge in [0, 0.05) is 0 Å². The predicted octanol–water partition coefficient (Wildman–Crippen LogP) is 3.91. The Morgan fingerprint density at radius 1 is 0.931 bits per heavy atom. The molecule has 2 aromatic carbocycles. The number of hydrogen-bond acceptors (Lipinski definition) is 5. The topological polar surface area (TPSA) is 78.3 Å². The molecule has 0 unspecified atom stereocenters. The highest BCUT2D eigenvalue weighted by Gasteiger charge is 2.49. The van der Waals surface area contributed by atoms with E-state index >= 15 is 0 Å². The second-order valence-electron chi connectivity index (χ2n) is 7.35. The summed E-state index contributed by atoms with van der Waals surface area (Å²) in [5, 5.41) is 3.59. The summed E-state index contributed by atoms with van der Waals surface area (Å²) in [6, 6.07) is 12.2. The van der Waals surface area contributed by atoms with Crippen molar-refractivity contribution in [1.29, 1.82) is 0 Å². The van der Waals surface area contributed by atoms with E-state index in [2.05, 4.69) is 9.28 Å². The molecule has 0 radical (unpaired) electrons. The highest BCUT2D eigenvalue weighted by molar-refractivity contribution is 7.88. The number of benzene rings is 2. The molecule has 0 spiro atoms. The summed E-state index contributed by atoms with van der Waals surface area (Å²) in [5.41, 5.74) is -5.20. The average molecular weight is 426 g/mol. The van der Waals surface area contributed by atoms with Crippen molar-refractivity contribution in [3.8, 4) is 11.6 Å². The van der Waals surface area contributed by atoms with Crippen molar-refractivity contribution in [2.24, 2.45) is 0 Å². The summed E-state index contributed by atoms with van der Waals surface area (Å²) in [5.74, 6) is -0.836. The zero-order valence-corrected chi connectivity index (χ0v) is 16.5. The van der Waals surface area contributed by atoms with E-state index in [0.29, 0.717) is 0 Å². The summed E-state index contributed by atoms with van der Waals surface area (Å²) in [7, 11) is -5.96. The fourth-order valence-corrected chi connectivity index (χ4v) is 3.08. The first-order chi connectivity index (χ1) is 13.3. The van der Waals surface area contributed by atoms with Gasteiger partial charge < -0.3 is 4.18 Å². The van der Waals surface area contributed by atoms with Crippen LogP contribution in [0.4, 0.5) is 13.2 Å². The molecule has 3 rings (SSSR count). The van der Waals surface area contributed by atoms with E-state index in [0.717, 1.165) is 10.2 Å². The van der Waals surface area contributed by atoms with E-state index in [4.69, 9.17) is 0 Å². The fourth-order valence-electron chi connectivity index (χ4n) is 2.65. The minimum atomic E-state index is -5.96. The highest BCUT2D eigenvalue weighted by Crippen LogP contribution is 2.30. The summed E-state index contributed by atoms with van der Waals surface area (Å²) < 4.78 is 66.3. The highest BCUT2D eigenvalue weighted by atomic mass is 32.2. The van der Waals surface area contributed by atoms with Gasteiger partial charge in [0.25, 0.3) is 11.4 Å². The smallest absolute Gasteiger partial charge is 0.353 e. The third-order valence-electron chi connectivity index (χ3n) is 4.22. The standard InChI is InChI=1S/C19H17F3N2O4S/c1-18(2,3)12-8-10-13(11-9-12)24-17(25)15-7-5-4-6-14(15)16(23-24)28-29(26,27)19(20,21)22/h4-11H,1-3H3. The Kier molecular flexibility index (Phi) is 4.94. The molecule has 0 fully saturated rings. The zero-order valence-electron chi connectivity index (χ0n) is 15.7. The van der Waals surface area contributed by atoms with E-state index in [9.17, 15) is 26.4 Å². The molecule has 0 bridgehead atoms. The molecule has 154 valence electrons. The normalized spacial score (nSPS) is 12.9. The average Bonchev–Trinajstić information content (AvgIpc) is 2.62. The van der Waals surface area contributed by atoms with E-state index < -0.39 is 27.1 Å². The van der Waals surface area contributed by atoms with Gasteiger partial charge in [0.1, 0.15) is 0 Å². The van der Waals surface area contributed by atoms with Gasteiger partial charge in [-0.2, -0.15) is 26.3 Å². The molecule has 0 saturated heterocycles. The van der Waals surface area contributed by atoms with Crippen molar-refractivity contribution in [2.45, 2.75) is 31.7 Å². The van der Waals surface area contributed by atoms with Crippen LogP contribution < -0.4 is 9.74 Å². The van der Waals surface area contributed by atoms with Crippen LogP contribution in [0.2, 0.25) is 0 Å². The van der Waals surface area contributed by atoms with Gasteiger partial charge in [-0.1, -0.05) is 45.0 Å². The molecule has 1 aromatic heterocycles. The van der Waals surface area contributed by atoms with Crippen LogP contribution in [-0.2, 0) is 15.5 Å². The lowest BCUT2D eigenvalue weighted by Crippen LogP contribution is -2.30. The summed E-state index contributed by atoms with van der Waals surface area (Å²) in [6.07, 6.45) is 0. The van der Waals surface area contributed by atoms with Crippen LogP contribution in [0.25, 0.3) is 16.5 Å². The van der Waals surface area contributed by atoms with Gasteiger partial charge >= 0.3 is 15.6 Å². The van der Waals surface area contributed by atoms with Crippen molar-refractivity contribution in [3.05, 3.63) is 64.4 Å². The third kappa shape index (κ3) is 3.98. The zero-order chi connectivity index (χ0) is 21.6. The Hall–Kier alpha value is -2.88. The van der Waals surface area contributed by atoms with E-state index in [-0.39, 0.29) is 21.9 Å². The number of rotatable bonds is 3. The third-order valence-corrected chi connectivity index (χ3v) is 5.17. The van der Waals surface area contributed by atoms with Gasteiger partial charge in [0.05, 0.1) is 16.5 Å². The van der Waals surface area contributed by atoms with Crippen molar-refractivity contribution < 1.29 is 25.8 Å². The summed E-state index contributed by atoms with van der Waals surface area (Å²) in [6.45, 7) is 5.99. The largest absolute Gasteiger partial charge is 0.534 e. The van der Waals surface area contributed by atoms with Crippen molar-refractivity contribution >= 4 is 20.9 Å². The van der Waals surface area contributed by atoms with Crippen LogP contribution in [0, 0.1) is 0 Å². The SMILES string of the molecule is CC(C)(C)c1ccc(-n2nc(OS(=O)(=O)C(F)(F)F)c3ccccc3c2=O)cc1. The minimum absolute atomic E-state index is 0.0326. The molecule has 10 heteroatoms. The molecular formula is C19H17F3N2O4S. The number of aromatic nitrogens is 2. The molecule has 29 heavy (non-hydrogen) atoms. The Balaban J connectivity index is 2.22. The number of hydrogen-bond donors (Lipinski definition) is 0. The van der Waals surface area contributed by atoms with Gasteiger partial charge in [-0.05, 0) is 35.2 Å². The maximum absolute atomic E-state index is 12.8. The number of fused-ring (bicyclic) bond motifs is 1. The molecule has 0 aliphatic rings. The van der Waals surface area contributed by atoms with Crippen LogP contribution in [0.3, 0.4) is 0 Å². The van der Waals surface area contributed by atoms with E-state index in [1.54, 1.807) is 24.3 Å². The molecular weight excluding hydrogens is 409 g/mol. The molecule has 0 aliphatic heterocycles. The Morgan fingerprint density at radius 3 is 2.00 bits per heavy atom. The molecule has 0 amide bonds. The molecule has 0 atom stereocenters. The lowest BCUT2D eigenvalue weighted by molar-refractivity contribution is -0.0501. The van der Waals surface area contributed by atoms with Crippen molar-refractivity contribution in [2.75, 3.05) is 0 Å². The maximum Gasteiger partial charge on any atom is 0.534 e. The monoisotopic (exact) mass is 426 g/mol. The van der Waals surface area contributed by atoms with Crippen LogP contribution in [0.1, 0.15) is 26.3 Å². The second kappa shape index (κ2) is 6.87. The number of halogens is 3. The Morgan fingerprint density at radius 2 is 1.48 bits per heavy atom. The van der Waals surface area contributed by atoms with Crippen molar-refractivity contribution in [1.82, 2.24) is 9.78 Å². The second-order valence-corrected chi connectivity index (χ2v) is 8.89. The van der Waals surface area contributed by atoms with Crippen molar-refractivity contribution in [3.63, 3.8) is 0 Å². The van der Waals surface area contributed by atoms with Gasteiger partial charge in [-0.25, -0.2) is 0 Å². The molecule has 6 nitrogen and oxygen atoms in total. The summed E-state index contributed by atoms with van der Waals surface area (Å²) >= 11 is 0. The first-order valence-corrected chi connectivity index (χ1v) is 9.86. The number of nitrogens with zero attached hydrogens (tertiary/aromatic N) is 2. The molecule has 0 N–H and O–H groups in total. The van der Waals surface area contributed by atoms with Gasteiger partial charge in [0.2, 0.25) is 0 Å². The first kappa shape index (κ1) is 20.8. The molecule has 1 heterocycles. The number of alkyl halides is 3. The molecule has 0 aliphatic carbocycles. The predicted molar refractivity (Wildman–Crippen MR) is 102 cm³/mol. The van der Waals surface area contributed by atoms with Crippen LogP contribution >= 0.6 is 0 Å². The molecule has 0 saturated carbocycles. The minimum Gasteiger partial charge on any atom is -0.353 e. The van der Waals surface area contributed by atoms with Crippen LogP contribution in [0.15, 0.2) is 53.3 Å². The maximum atomic E-state index is 12.8. The Labute approximate surface area is 164 Å². The fraction of sp³-hybridized carbons (Fsp3) is 0.263. The van der Waals surface area contributed by atoms with Gasteiger partial charge in [0.15, 0.2) is 0 Å². The van der Waals surface area contributed by atoms with Crippen LogP contribution in [0.5, 0.6) is 5.88 Å². The summed E-state index contributed by atoms with van der Waals surface area (Å²) in [4.78, 5) is 12.8. The van der Waals surface area contributed by atoms with Crippen LogP contribution in [-0.4, -0.2) is 23.7 Å². The lowest BCUT2D eigenvalue weighted by atomic mass is 9.87.